The molecular formula is C23H27ClN2O4. The van der Waals surface area contributed by atoms with Gasteiger partial charge in [-0.05, 0) is 40.1 Å². The Bertz CT molecular complexity index is 984. The van der Waals surface area contributed by atoms with Crippen molar-refractivity contribution in [2.75, 3.05) is 27.9 Å². The quantitative estimate of drug-likeness (QED) is 0.570. The lowest BCUT2D eigenvalue weighted by Crippen LogP contribution is -2.34. The minimum Gasteiger partial charge on any atom is -0.493 e. The van der Waals surface area contributed by atoms with E-state index in [0.717, 1.165) is 21.9 Å². The molecule has 30 heavy (non-hydrogen) atoms. The zero-order valence-corrected chi connectivity index (χ0v) is 18.1. The van der Waals surface area contributed by atoms with Crippen LogP contribution in [0.1, 0.15) is 17.2 Å². The lowest BCUT2D eigenvalue weighted by atomic mass is 10.0. The Hall–Kier alpha value is -2.96. The first-order chi connectivity index (χ1) is 14.1. The summed E-state index contributed by atoms with van der Waals surface area (Å²) >= 11 is 0. The van der Waals surface area contributed by atoms with Gasteiger partial charge >= 0.3 is 0 Å². The Labute approximate surface area is 182 Å². The van der Waals surface area contributed by atoms with Crippen molar-refractivity contribution in [2.45, 2.75) is 12.5 Å². The molecule has 0 aliphatic heterocycles. The number of carbonyl (C=O) groups excluding carboxylic acids is 1. The van der Waals surface area contributed by atoms with Crippen molar-refractivity contribution in [3.05, 3.63) is 65.7 Å². The van der Waals surface area contributed by atoms with Crippen LogP contribution in [0.25, 0.3) is 10.8 Å². The fourth-order valence-electron chi connectivity index (χ4n) is 3.37. The topological polar surface area (TPSA) is 82.8 Å². The SMILES string of the molecule is COc1cc(CC(=O)NC(CN)c2ccc3ccccc3c2)cc(OC)c1OC.Cl. The zero-order chi connectivity index (χ0) is 20.8. The van der Waals surface area contributed by atoms with Crippen molar-refractivity contribution >= 4 is 29.1 Å². The molecule has 3 rings (SSSR count). The van der Waals surface area contributed by atoms with Gasteiger partial charge < -0.3 is 25.3 Å². The van der Waals surface area contributed by atoms with E-state index in [1.807, 2.05) is 30.3 Å². The first-order valence-electron chi connectivity index (χ1n) is 9.36. The summed E-state index contributed by atoms with van der Waals surface area (Å²) in [4.78, 5) is 12.7. The maximum Gasteiger partial charge on any atom is 0.224 e. The number of ether oxygens (including phenoxy) is 3. The molecule has 0 bridgehead atoms. The number of methoxy groups -OCH3 is 3. The number of amides is 1. The number of hydrogen-bond donors (Lipinski definition) is 2. The van der Waals surface area contributed by atoms with E-state index in [2.05, 4.69) is 17.4 Å². The smallest absolute Gasteiger partial charge is 0.224 e. The molecule has 0 spiro atoms. The Balaban J connectivity index is 0.00000320. The third-order valence-corrected chi connectivity index (χ3v) is 4.84. The molecule has 3 aromatic carbocycles. The highest BCUT2D eigenvalue weighted by atomic mass is 35.5. The van der Waals surface area contributed by atoms with E-state index in [-0.39, 0.29) is 30.8 Å². The molecule has 160 valence electrons. The number of nitrogens with two attached hydrogens (primary N) is 1. The summed E-state index contributed by atoms with van der Waals surface area (Å²) in [6, 6.07) is 17.5. The molecule has 0 heterocycles. The van der Waals surface area contributed by atoms with Crippen LogP contribution in [0.5, 0.6) is 17.2 Å². The van der Waals surface area contributed by atoms with E-state index in [4.69, 9.17) is 19.9 Å². The van der Waals surface area contributed by atoms with Gasteiger partial charge in [-0.2, -0.15) is 0 Å². The summed E-state index contributed by atoms with van der Waals surface area (Å²) in [6.07, 6.45) is 0.167. The van der Waals surface area contributed by atoms with E-state index in [0.29, 0.717) is 23.8 Å². The Morgan fingerprint density at radius 1 is 0.933 bits per heavy atom. The highest BCUT2D eigenvalue weighted by molar-refractivity contribution is 5.85. The number of rotatable bonds is 8. The van der Waals surface area contributed by atoms with Crippen LogP contribution in [0.3, 0.4) is 0 Å². The van der Waals surface area contributed by atoms with Crippen LogP contribution >= 0.6 is 12.4 Å². The second kappa shape index (κ2) is 10.7. The summed E-state index contributed by atoms with van der Waals surface area (Å²) in [6.45, 7) is 0.305. The maximum absolute atomic E-state index is 12.7. The van der Waals surface area contributed by atoms with Crippen LogP contribution < -0.4 is 25.3 Å². The van der Waals surface area contributed by atoms with Gasteiger partial charge in [0.2, 0.25) is 11.7 Å². The first kappa shape index (κ1) is 23.3. The molecule has 3 aromatic rings. The molecule has 1 unspecified atom stereocenters. The van der Waals surface area contributed by atoms with Gasteiger partial charge in [-0.3, -0.25) is 4.79 Å². The minimum atomic E-state index is -0.269. The van der Waals surface area contributed by atoms with Crippen molar-refractivity contribution in [3.63, 3.8) is 0 Å². The summed E-state index contributed by atoms with van der Waals surface area (Å²) in [5.74, 6) is 1.39. The largest absolute Gasteiger partial charge is 0.493 e. The lowest BCUT2D eigenvalue weighted by Gasteiger charge is -2.19. The third-order valence-electron chi connectivity index (χ3n) is 4.84. The molecule has 3 N–H and O–H groups in total. The van der Waals surface area contributed by atoms with Gasteiger partial charge in [0.05, 0.1) is 33.8 Å². The third kappa shape index (κ3) is 5.14. The molecule has 0 aliphatic rings. The van der Waals surface area contributed by atoms with Crippen molar-refractivity contribution in [1.82, 2.24) is 5.32 Å². The molecule has 0 radical (unpaired) electrons. The van der Waals surface area contributed by atoms with Gasteiger partial charge in [0.1, 0.15) is 0 Å². The fourth-order valence-corrected chi connectivity index (χ4v) is 3.37. The van der Waals surface area contributed by atoms with Crippen molar-refractivity contribution in [2.24, 2.45) is 5.73 Å². The summed E-state index contributed by atoms with van der Waals surface area (Å²) in [7, 11) is 4.64. The molecule has 7 heteroatoms. The van der Waals surface area contributed by atoms with Gasteiger partial charge in [0.15, 0.2) is 11.5 Å². The van der Waals surface area contributed by atoms with Crippen LogP contribution in [-0.4, -0.2) is 33.8 Å². The highest BCUT2D eigenvalue weighted by Crippen LogP contribution is 2.38. The van der Waals surface area contributed by atoms with E-state index in [1.165, 1.54) is 0 Å². The minimum absolute atomic E-state index is 0. The Morgan fingerprint density at radius 2 is 1.57 bits per heavy atom. The molecule has 1 atom stereocenters. The average molecular weight is 431 g/mol. The number of benzene rings is 3. The predicted molar refractivity (Wildman–Crippen MR) is 121 cm³/mol. The van der Waals surface area contributed by atoms with Gasteiger partial charge in [-0.25, -0.2) is 0 Å². The molecule has 0 aliphatic carbocycles. The van der Waals surface area contributed by atoms with Crippen LogP contribution in [-0.2, 0) is 11.2 Å². The summed E-state index contributed by atoms with van der Waals surface area (Å²) < 4.78 is 16.0. The number of nitrogens with one attached hydrogen (secondary N) is 1. The lowest BCUT2D eigenvalue weighted by molar-refractivity contribution is -0.121. The number of halogens is 1. The summed E-state index contributed by atoms with van der Waals surface area (Å²) in [5.41, 5.74) is 7.68. The van der Waals surface area contributed by atoms with E-state index in [9.17, 15) is 4.79 Å². The standard InChI is InChI=1S/C23H26N2O4.ClH/c1-27-20-10-15(11-21(28-2)23(20)29-3)12-22(26)25-19(14-24)18-9-8-16-6-4-5-7-17(16)13-18;/h4-11,13,19H,12,14,24H2,1-3H3,(H,25,26);1H. The van der Waals surface area contributed by atoms with Crippen LogP contribution in [0.4, 0.5) is 0 Å². The monoisotopic (exact) mass is 430 g/mol. The van der Waals surface area contributed by atoms with E-state index >= 15 is 0 Å². The molecule has 1 amide bonds. The maximum atomic E-state index is 12.7. The van der Waals surface area contributed by atoms with E-state index < -0.39 is 0 Å². The number of fused-ring (bicyclic) bond motifs is 1. The normalized spacial score (nSPS) is 11.3. The molecule has 0 saturated carbocycles. The zero-order valence-electron chi connectivity index (χ0n) is 17.3. The molecule has 6 nitrogen and oxygen atoms in total. The van der Waals surface area contributed by atoms with Gasteiger partial charge in [0, 0.05) is 6.54 Å². The predicted octanol–water partition coefficient (Wildman–Crippen LogP) is 3.65. The number of carbonyl (C=O) groups is 1. The first-order valence-corrected chi connectivity index (χ1v) is 9.36. The fraction of sp³-hybridized carbons (Fsp3) is 0.261. The van der Waals surface area contributed by atoms with Crippen LogP contribution in [0, 0.1) is 0 Å². The second-order valence-electron chi connectivity index (χ2n) is 6.67. The molecule has 0 fully saturated rings. The van der Waals surface area contributed by atoms with Crippen molar-refractivity contribution in [3.8, 4) is 17.2 Å². The highest BCUT2D eigenvalue weighted by Gasteiger charge is 2.17. The Morgan fingerprint density at radius 3 is 2.13 bits per heavy atom. The van der Waals surface area contributed by atoms with Gasteiger partial charge in [0.25, 0.3) is 0 Å². The summed E-state index contributed by atoms with van der Waals surface area (Å²) in [5, 5.41) is 5.29. The number of hydrogen-bond acceptors (Lipinski definition) is 5. The second-order valence-corrected chi connectivity index (χ2v) is 6.67. The Kier molecular flexibility index (Phi) is 8.33. The molecule has 0 saturated heterocycles. The van der Waals surface area contributed by atoms with Crippen LogP contribution in [0.15, 0.2) is 54.6 Å². The molecular weight excluding hydrogens is 404 g/mol. The van der Waals surface area contributed by atoms with E-state index in [1.54, 1.807) is 33.5 Å². The van der Waals surface area contributed by atoms with Gasteiger partial charge in [-0.1, -0.05) is 36.4 Å². The van der Waals surface area contributed by atoms with Crippen molar-refractivity contribution in [1.29, 1.82) is 0 Å². The molecule has 0 aromatic heterocycles. The van der Waals surface area contributed by atoms with Gasteiger partial charge in [-0.15, -0.1) is 12.4 Å². The van der Waals surface area contributed by atoms with Crippen molar-refractivity contribution < 1.29 is 19.0 Å². The van der Waals surface area contributed by atoms with Crippen LogP contribution in [0.2, 0.25) is 0 Å². The average Bonchev–Trinajstić information content (AvgIpc) is 2.76.